The van der Waals surface area contributed by atoms with Crippen LogP contribution in [0.1, 0.15) is 37.4 Å². The molecule has 4 nitrogen and oxygen atoms in total. The van der Waals surface area contributed by atoms with Gasteiger partial charge in [-0.1, -0.05) is 13.0 Å². The van der Waals surface area contributed by atoms with E-state index in [9.17, 15) is 4.79 Å². The monoisotopic (exact) mass is 296 g/mol. The third-order valence-corrected chi connectivity index (χ3v) is 4.80. The molecule has 0 N–H and O–H groups in total. The Morgan fingerprint density at radius 2 is 2.14 bits per heavy atom. The van der Waals surface area contributed by atoms with Gasteiger partial charge in [-0.25, -0.2) is 0 Å². The number of benzene rings is 1. The molecule has 4 rings (SSSR count). The summed E-state index contributed by atoms with van der Waals surface area (Å²) in [5.74, 6) is 0.830. The number of hydrogen-bond acceptors (Lipinski definition) is 3. The van der Waals surface area contributed by atoms with E-state index >= 15 is 0 Å². The lowest BCUT2D eigenvalue weighted by Gasteiger charge is -2.25. The molecule has 1 aliphatic heterocycles. The number of carbonyl (C=O) groups is 1. The van der Waals surface area contributed by atoms with Gasteiger partial charge in [0.2, 0.25) is 0 Å². The van der Waals surface area contributed by atoms with Crippen LogP contribution in [0.5, 0.6) is 5.75 Å². The number of ether oxygens (including phenoxy) is 1. The second-order valence-corrected chi connectivity index (χ2v) is 6.16. The highest BCUT2D eigenvalue weighted by Gasteiger charge is 2.32. The minimum Gasteiger partial charge on any atom is -0.480 e. The quantitative estimate of drug-likeness (QED) is 0.811. The molecule has 1 amide bonds. The van der Waals surface area contributed by atoms with Gasteiger partial charge in [0.15, 0.2) is 6.10 Å². The van der Waals surface area contributed by atoms with Crippen LogP contribution >= 0.6 is 0 Å². The maximum atomic E-state index is 12.8. The first-order chi connectivity index (χ1) is 10.7. The van der Waals surface area contributed by atoms with Gasteiger partial charge in [-0.2, -0.15) is 0 Å². The Bertz CT molecular complexity index is 769. The lowest BCUT2D eigenvalue weighted by atomic mass is 9.92. The predicted octanol–water partition coefficient (Wildman–Crippen LogP) is 3.25. The van der Waals surface area contributed by atoms with Gasteiger partial charge in [0, 0.05) is 12.7 Å². The summed E-state index contributed by atoms with van der Waals surface area (Å²) in [5, 5.41) is 0.995. The van der Waals surface area contributed by atoms with Crippen LogP contribution in [-0.2, 0) is 17.6 Å². The number of aromatic nitrogens is 1. The van der Waals surface area contributed by atoms with E-state index in [2.05, 4.69) is 0 Å². The van der Waals surface area contributed by atoms with Crippen molar-refractivity contribution in [2.24, 2.45) is 0 Å². The van der Waals surface area contributed by atoms with E-state index in [1.165, 1.54) is 12.0 Å². The van der Waals surface area contributed by atoms with Crippen LogP contribution in [0.15, 0.2) is 18.2 Å². The summed E-state index contributed by atoms with van der Waals surface area (Å²) >= 11 is 0. The lowest BCUT2D eigenvalue weighted by Crippen LogP contribution is -2.38. The Morgan fingerprint density at radius 3 is 2.95 bits per heavy atom. The lowest BCUT2D eigenvalue weighted by molar-refractivity contribution is -0.124. The molecule has 1 unspecified atom stereocenters. The summed E-state index contributed by atoms with van der Waals surface area (Å²) in [5.41, 5.74) is 4.35. The molecule has 0 radical (unpaired) electrons. The van der Waals surface area contributed by atoms with E-state index in [0.717, 1.165) is 47.3 Å². The molecular weight excluding hydrogens is 276 g/mol. The topological polar surface area (TPSA) is 42.4 Å². The van der Waals surface area contributed by atoms with Crippen molar-refractivity contribution in [1.82, 2.24) is 4.98 Å². The van der Waals surface area contributed by atoms with Gasteiger partial charge in [-0.3, -0.25) is 9.78 Å². The molecule has 4 heteroatoms. The third kappa shape index (κ3) is 1.83. The molecular formula is C18H20N2O2. The van der Waals surface area contributed by atoms with Crippen molar-refractivity contribution >= 4 is 22.5 Å². The number of likely N-dealkylation sites (N-methyl/N-ethyl adjacent to an activating group) is 1. The smallest absolute Gasteiger partial charge is 0.267 e. The first-order valence-corrected chi connectivity index (χ1v) is 8.09. The van der Waals surface area contributed by atoms with E-state index in [1.807, 2.05) is 32.2 Å². The number of fused-ring (bicyclic) bond motifs is 2. The second-order valence-electron chi connectivity index (χ2n) is 6.16. The van der Waals surface area contributed by atoms with Gasteiger partial charge in [0.1, 0.15) is 5.75 Å². The van der Waals surface area contributed by atoms with Crippen LogP contribution in [0, 0.1) is 0 Å². The van der Waals surface area contributed by atoms with Gasteiger partial charge in [0.25, 0.3) is 5.91 Å². The number of hydrogen-bond donors (Lipinski definition) is 0. The molecule has 1 atom stereocenters. The molecule has 2 aliphatic rings. The third-order valence-electron chi connectivity index (χ3n) is 4.80. The number of rotatable bonds is 1. The standard InChI is InChI=1S/C18H20N2O2/c1-3-14-18(21)20(2)17-11-7-4-5-8-12(11)19-13-9-6-10-15(22-14)16(13)17/h6,9-10,14H,3-5,7-8H2,1-2H3. The molecule has 2 heterocycles. The molecule has 114 valence electrons. The summed E-state index contributed by atoms with van der Waals surface area (Å²) in [4.78, 5) is 19.4. The van der Waals surface area contributed by atoms with E-state index < -0.39 is 6.10 Å². The molecule has 0 saturated carbocycles. The normalized spacial score (nSPS) is 20.5. The number of nitrogens with zero attached hydrogens (tertiary/aromatic N) is 2. The predicted molar refractivity (Wildman–Crippen MR) is 86.5 cm³/mol. The van der Waals surface area contributed by atoms with Crippen LogP contribution in [-0.4, -0.2) is 24.0 Å². The van der Waals surface area contributed by atoms with Gasteiger partial charge >= 0.3 is 0 Å². The number of amides is 1. The number of aryl methyl sites for hydroxylation is 1. The zero-order valence-electron chi connectivity index (χ0n) is 13.1. The van der Waals surface area contributed by atoms with E-state index in [1.54, 1.807) is 4.90 Å². The number of carbonyl (C=O) groups excluding carboxylic acids is 1. The van der Waals surface area contributed by atoms with Gasteiger partial charge < -0.3 is 9.64 Å². The number of pyridine rings is 1. The Kier molecular flexibility index (Phi) is 3.06. The summed E-state index contributed by atoms with van der Waals surface area (Å²) < 4.78 is 6.02. The van der Waals surface area contributed by atoms with Crippen molar-refractivity contribution in [2.45, 2.75) is 45.1 Å². The minimum atomic E-state index is -0.415. The van der Waals surface area contributed by atoms with Crippen LogP contribution in [0.25, 0.3) is 10.9 Å². The molecule has 0 bridgehead atoms. The SMILES string of the molecule is CCC1Oc2cccc3nc4c(c(c23)N(C)C1=O)CCCC4. The van der Waals surface area contributed by atoms with Crippen molar-refractivity contribution < 1.29 is 9.53 Å². The fraction of sp³-hybridized carbons (Fsp3) is 0.444. The van der Waals surface area contributed by atoms with E-state index in [4.69, 9.17) is 9.72 Å². The summed E-state index contributed by atoms with van der Waals surface area (Å²) in [6.45, 7) is 1.99. The van der Waals surface area contributed by atoms with Crippen LogP contribution in [0.2, 0.25) is 0 Å². The van der Waals surface area contributed by atoms with E-state index in [0.29, 0.717) is 6.42 Å². The highest BCUT2D eigenvalue weighted by atomic mass is 16.5. The molecule has 1 aliphatic carbocycles. The van der Waals surface area contributed by atoms with Crippen molar-refractivity contribution in [2.75, 3.05) is 11.9 Å². The first kappa shape index (κ1) is 13.6. The van der Waals surface area contributed by atoms with Crippen molar-refractivity contribution in [3.8, 4) is 5.75 Å². The van der Waals surface area contributed by atoms with Crippen LogP contribution < -0.4 is 9.64 Å². The van der Waals surface area contributed by atoms with Crippen molar-refractivity contribution in [1.29, 1.82) is 0 Å². The van der Waals surface area contributed by atoms with Crippen LogP contribution in [0.4, 0.5) is 5.69 Å². The first-order valence-electron chi connectivity index (χ1n) is 8.09. The molecule has 0 saturated heterocycles. The summed E-state index contributed by atoms with van der Waals surface area (Å²) in [6, 6.07) is 5.94. The Morgan fingerprint density at radius 1 is 1.32 bits per heavy atom. The van der Waals surface area contributed by atoms with E-state index in [-0.39, 0.29) is 5.91 Å². The Hall–Kier alpha value is -2.10. The Labute approximate surface area is 130 Å². The molecule has 0 spiro atoms. The minimum absolute atomic E-state index is 0.0407. The van der Waals surface area contributed by atoms with Crippen LogP contribution in [0.3, 0.4) is 0 Å². The average molecular weight is 296 g/mol. The maximum absolute atomic E-state index is 12.8. The Balaban J connectivity index is 2.07. The van der Waals surface area contributed by atoms with Crippen molar-refractivity contribution in [3.05, 3.63) is 29.5 Å². The van der Waals surface area contributed by atoms with Gasteiger partial charge in [0.05, 0.1) is 16.6 Å². The molecule has 22 heavy (non-hydrogen) atoms. The molecule has 1 aromatic heterocycles. The summed E-state index contributed by atoms with van der Waals surface area (Å²) in [6.07, 6.45) is 4.59. The molecule has 1 aromatic carbocycles. The highest BCUT2D eigenvalue weighted by molar-refractivity contribution is 6.09. The second kappa shape index (κ2) is 4.97. The van der Waals surface area contributed by atoms with Gasteiger partial charge in [-0.05, 0) is 49.8 Å². The summed E-state index contributed by atoms with van der Waals surface area (Å²) in [7, 11) is 1.88. The zero-order chi connectivity index (χ0) is 15.3. The zero-order valence-corrected chi connectivity index (χ0v) is 13.1. The van der Waals surface area contributed by atoms with Gasteiger partial charge in [-0.15, -0.1) is 0 Å². The molecule has 2 aromatic rings. The molecule has 0 fully saturated rings. The fourth-order valence-corrected chi connectivity index (χ4v) is 3.67. The highest BCUT2D eigenvalue weighted by Crippen LogP contribution is 2.42. The van der Waals surface area contributed by atoms with Crippen molar-refractivity contribution in [3.63, 3.8) is 0 Å². The average Bonchev–Trinajstić information content (AvgIpc) is 2.66. The fourth-order valence-electron chi connectivity index (χ4n) is 3.67. The maximum Gasteiger partial charge on any atom is 0.267 e. The number of anilines is 1. The largest absolute Gasteiger partial charge is 0.480 e.